The molecule has 138 valence electrons. The van der Waals surface area contributed by atoms with E-state index in [4.69, 9.17) is 23.8 Å². The summed E-state index contributed by atoms with van der Waals surface area (Å²) in [5.41, 5.74) is 0.794. The molecule has 0 aliphatic carbocycles. The minimum Gasteiger partial charge on any atom is -0.303 e. The average molecular weight is 393 g/mol. The number of halogens is 4. The summed E-state index contributed by atoms with van der Waals surface area (Å²) in [7, 11) is 1.74. The Bertz CT molecular complexity index is 765. The van der Waals surface area contributed by atoms with Crippen LogP contribution in [0.1, 0.15) is 13.8 Å². The van der Waals surface area contributed by atoms with Crippen molar-refractivity contribution >= 4 is 23.8 Å². The zero-order chi connectivity index (χ0) is 18.8. The Morgan fingerprint density at radius 3 is 2.36 bits per heavy atom. The lowest BCUT2D eigenvalue weighted by Crippen LogP contribution is -2.38. The fourth-order valence-corrected chi connectivity index (χ4v) is 2.87. The minimum absolute atomic E-state index is 0.0159. The maximum atomic E-state index is 12.8. The van der Waals surface area contributed by atoms with Gasteiger partial charge in [-0.1, -0.05) is 25.4 Å². The van der Waals surface area contributed by atoms with E-state index in [2.05, 4.69) is 5.10 Å². The maximum absolute atomic E-state index is 12.8. The average Bonchev–Trinajstić information content (AvgIpc) is 2.74. The highest BCUT2D eigenvalue weighted by atomic mass is 35.5. The molecule has 0 amide bonds. The second kappa shape index (κ2) is 7.88. The summed E-state index contributed by atoms with van der Waals surface area (Å²) < 4.78 is 42.0. The predicted octanol–water partition coefficient (Wildman–Crippen LogP) is 4.75. The standard InChI is InChI=1S/C16H20ClF3N4S/c1-11(2)8-23(9-16(18,19)20)10-24-15(25)22(3)14(21-24)12-4-6-13(17)7-5-12/h4-7,11H,8-10H2,1-3H3. The van der Waals surface area contributed by atoms with Gasteiger partial charge < -0.3 is 4.57 Å². The Hall–Kier alpha value is -1.38. The quantitative estimate of drug-likeness (QED) is 0.663. The molecule has 25 heavy (non-hydrogen) atoms. The topological polar surface area (TPSA) is 26.0 Å². The molecule has 0 unspecified atom stereocenters. The maximum Gasteiger partial charge on any atom is 0.401 e. The van der Waals surface area contributed by atoms with Crippen molar-refractivity contribution in [2.24, 2.45) is 13.0 Å². The number of hydrogen-bond acceptors (Lipinski definition) is 3. The molecule has 9 heteroatoms. The molecule has 0 radical (unpaired) electrons. The minimum atomic E-state index is -4.27. The first-order valence-corrected chi connectivity index (χ1v) is 8.54. The monoisotopic (exact) mass is 392 g/mol. The van der Waals surface area contributed by atoms with Gasteiger partial charge in [0.05, 0.1) is 13.2 Å². The molecular formula is C16H20ClF3N4S. The molecule has 0 N–H and O–H groups in total. The SMILES string of the molecule is CC(C)CN(Cn1nc(-c2ccc(Cl)cc2)n(C)c1=S)CC(F)(F)F. The zero-order valence-corrected chi connectivity index (χ0v) is 15.8. The Balaban J connectivity index is 2.30. The van der Waals surface area contributed by atoms with Crippen molar-refractivity contribution in [1.29, 1.82) is 0 Å². The van der Waals surface area contributed by atoms with Crippen molar-refractivity contribution in [3.8, 4) is 11.4 Å². The molecule has 1 aromatic heterocycles. The third-order valence-corrected chi connectivity index (χ3v) is 4.24. The highest BCUT2D eigenvalue weighted by molar-refractivity contribution is 7.71. The summed E-state index contributed by atoms with van der Waals surface area (Å²) >= 11 is 11.2. The molecule has 0 bridgehead atoms. The number of benzene rings is 1. The largest absolute Gasteiger partial charge is 0.401 e. The van der Waals surface area contributed by atoms with Gasteiger partial charge in [0.25, 0.3) is 0 Å². The Morgan fingerprint density at radius 2 is 1.84 bits per heavy atom. The van der Waals surface area contributed by atoms with E-state index in [1.54, 1.807) is 35.9 Å². The third kappa shape index (κ3) is 5.55. The van der Waals surface area contributed by atoms with Crippen molar-refractivity contribution in [2.45, 2.75) is 26.7 Å². The van der Waals surface area contributed by atoms with Crippen LogP contribution < -0.4 is 0 Å². The molecule has 0 saturated heterocycles. The van der Waals surface area contributed by atoms with Gasteiger partial charge in [0.2, 0.25) is 0 Å². The normalized spacial score (nSPS) is 12.4. The molecule has 1 aromatic carbocycles. The Kier molecular flexibility index (Phi) is 6.29. The zero-order valence-electron chi connectivity index (χ0n) is 14.2. The first kappa shape index (κ1) is 19.9. The van der Waals surface area contributed by atoms with E-state index in [1.807, 2.05) is 13.8 Å². The molecule has 0 fully saturated rings. The van der Waals surface area contributed by atoms with Crippen molar-refractivity contribution in [2.75, 3.05) is 13.1 Å². The van der Waals surface area contributed by atoms with Gasteiger partial charge in [-0.15, -0.1) is 0 Å². The van der Waals surface area contributed by atoms with Crippen LogP contribution in [0.4, 0.5) is 13.2 Å². The first-order valence-electron chi connectivity index (χ1n) is 7.75. The fraction of sp³-hybridized carbons (Fsp3) is 0.500. The summed E-state index contributed by atoms with van der Waals surface area (Å²) in [5.74, 6) is 0.675. The van der Waals surface area contributed by atoms with Crippen molar-refractivity contribution in [3.05, 3.63) is 34.1 Å². The van der Waals surface area contributed by atoms with Gasteiger partial charge in [-0.3, -0.25) is 4.90 Å². The number of aromatic nitrogens is 3. The summed E-state index contributed by atoms with van der Waals surface area (Å²) in [6.07, 6.45) is -4.27. The molecular weight excluding hydrogens is 373 g/mol. The molecule has 1 heterocycles. The van der Waals surface area contributed by atoms with Crippen LogP contribution in [0.25, 0.3) is 11.4 Å². The second-order valence-corrected chi connectivity index (χ2v) is 7.14. The van der Waals surface area contributed by atoms with Crippen LogP contribution in [-0.2, 0) is 13.7 Å². The third-order valence-electron chi connectivity index (χ3n) is 3.50. The fourth-order valence-electron chi connectivity index (χ4n) is 2.56. The molecule has 0 aliphatic rings. The van der Waals surface area contributed by atoms with Gasteiger partial charge in [-0.2, -0.15) is 18.3 Å². The lowest BCUT2D eigenvalue weighted by Gasteiger charge is -2.24. The number of rotatable bonds is 6. The highest BCUT2D eigenvalue weighted by Crippen LogP contribution is 2.21. The Labute approximate surface area is 154 Å². The van der Waals surface area contributed by atoms with Crippen LogP contribution in [0.2, 0.25) is 5.02 Å². The lowest BCUT2D eigenvalue weighted by molar-refractivity contribution is -0.150. The van der Waals surface area contributed by atoms with Crippen LogP contribution in [0.15, 0.2) is 24.3 Å². The summed E-state index contributed by atoms with van der Waals surface area (Å²) in [5, 5.41) is 5.00. The molecule has 4 nitrogen and oxygen atoms in total. The highest BCUT2D eigenvalue weighted by Gasteiger charge is 2.31. The lowest BCUT2D eigenvalue weighted by atomic mass is 10.2. The molecule has 2 rings (SSSR count). The van der Waals surface area contributed by atoms with Crippen LogP contribution >= 0.6 is 23.8 Å². The molecule has 0 saturated carbocycles. The van der Waals surface area contributed by atoms with Crippen LogP contribution in [0, 0.1) is 10.7 Å². The smallest absolute Gasteiger partial charge is 0.303 e. The summed E-state index contributed by atoms with van der Waals surface area (Å²) in [6, 6.07) is 7.05. The number of nitrogens with zero attached hydrogens (tertiary/aromatic N) is 4. The first-order chi connectivity index (χ1) is 11.6. The van der Waals surface area contributed by atoms with Crippen LogP contribution in [0.5, 0.6) is 0 Å². The number of alkyl halides is 3. The van der Waals surface area contributed by atoms with Crippen LogP contribution in [-0.4, -0.2) is 38.5 Å². The molecule has 2 aromatic rings. The van der Waals surface area contributed by atoms with E-state index >= 15 is 0 Å². The van der Waals surface area contributed by atoms with E-state index < -0.39 is 12.7 Å². The van der Waals surface area contributed by atoms with Gasteiger partial charge in [0.1, 0.15) is 0 Å². The van der Waals surface area contributed by atoms with E-state index in [0.29, 0.717) is 22.2 Å². The van der Waals surface area contributed by atoms with Gasteiger partial charge >= 0.3 is 6.18 Å². The molecule has 0 atom stereocenters. The number of hydrogen-bond donors (Lipinski definition) is 0. The summed E-state index contributed by atoms with van der Waals surface area (Å²) in [6.45, 7) is 3.03. The Morgan fingerprint density at radius 1 is 1.24 bits per heavy atom. The van der Waals surface area contributed by atoms with Crippen molar-refractivity contribution in [1.82, 2.24) is 19.2 Å². The predicted molar refractivity (Wildman–Crippen MR) is 94.9 cm³/mol. The van der Waals surface area contributed by atoms with E-state index in [-0.39, 0.29) is 12.6 Å². The van der Waals surface area contributed by atoms with E-state index in [1.165, 1.54) is 9.58 Å². The summed E-state index contributed by atoms with van der Waals surface area (Å²) in [4.78, 5) is 1.30. The molecule has 0 aliphatic heterocycles. The van der Waals surface area contributed by atoms with Gasteiger partial charge in [0, 0.05) is 24.2 Å². The second-order valence-electron chi connectivity index (χ2n) is 6.33. The van der Waals surface area contributed by atoms with Crippen LogP contribution in [0.3, 0.4) is 0 Å². The molecule has 0 spiro atoms. The van der Waals surface area contributed by atoms with Gasteiger partial charge in [-0.05, 0) is 42.4 Å². The van der Waals surface area contributed by atoms with Gasteiger partial charge in [-0.25, -0.2) is 4.68 Å². The van der Waals surface area contributed by atoms with E-state index in [9.17, 15) is 13.2 Å². The van der Waals surface area contributed by atoms with Gasteiger partial charge in [0.15, 0.2) is 10.6 Å². The van der Waals surface area contributed by atoms with Crippen molar-refractivity contribution < 1.29 is 13.2 Å². The van der Waals surface area contributed by atoms with E-state index in [0.717, 1.165) is 5.56 Å². The van der Waals surface area contributed by atoms with Crippen molar-refractivity contribution in [3.63, 3.8) is 0 Å².